The number of likely N-dealkylation sites (tertiary alicyclic amines) is 1. The van der Waals surface area contributed by atoms with E-state index in [1.165, 1.54) is 0 Å². The molecule has 0 saturated carbocycles. The summed E-state index contributed by atoms with van der Waals surface area (Å²) in [5.41, 5.74) is 1.01. The second-order valence-electron chi connectivity index (χ2n) is 6.41. The first kappa shape index (κ1) is 19.4. The van der Waals surface area contributed by atoms with Crippen LogP contribution in [0.4, 0.5) is 0 Å². The van der Waals surface area contributed by atoms with Gasteiger partial charge in [-0.3, -0.25) is 4.79 Å². The van der Waals surface area contributed by atoms with E-state index in [0.29, 0.717) is 23.8 Å². The van der Waals surface area contributed by atoms with Crippen molar-refractivity contribution in [3.63, 3.8) is 0 Å². The molecule has 2 aromatic rings. The average Bonchev–Trinajstić information content (AvgIpc) is 3.17. The minimum absolute atomic E-state index is 0.0181. The molecule has 0 aliphatic carbocycles. The molecule has 1 unspecified atom stereocenters. The van der Waals surface area contributed by atoms with Crippen LogP contribution < -0.4 is 14.2 Å². The monoisotopic (exact) mass is 389 g/mol. The van der Waals surface area contributed by atoms with Crippen LogP contribution in [-0.4, -0.2) is 38.2 Å². The number of ether oxygens (including phenoxy) is 3. The smallest absolute Gasteiger partial charge is 0.226 e. The summed E-state index contributed by atoms with van der Waals surface area (Å²) in [6, 6.07) is 13.0. The molecule has 27 heavy (non-hydrogen) atoms. The lowest BCUT2D eigenvalue weighted by Gasteiger charge is -2.26. The molecule has 3 rings (SSSR count). The van der Waals surface area contributed by atoms with E-state index in [-0.39, 0.29) is 11.9 Å². The van der Waals surface area contributed by atoms with E-state index in [1.54, 1.807) is 26.4 Å². The summed E-state index contributed by atoms with van der Waals surface area (Å²) < 4.78 is 16.4. The number of carbonyl (C=O) groups is 1. The molecule has 0 aromatic heterocycles. The van der Waals surface area contributed by atoms with Gasteiger partial charge >= 0.3 is 0 Å². The number of hydrogen-bond donors (Lipinski definition) is 0. The maximum atomic E-state index is 12.8. The van der Waals surface area contributed by atoms with Gasteiger partial charge in [0, 0.05) is 23.2 Å². The summed E-state index contributed by atoms with van der Waals surface area (Å²) in [4.78, 5) is 14.7. The third-order valence-electron chi connectivity index (χ3n) is 4.75. The highest BCUT2D eigenvalue weighted by molar-refractivity contribution is 6.30. The lowest BCUT2D eigenvalue weighted by atomic mass is 10.0. The van der Waals surface area contributed by atoms with E-state index in [1.807, 2.05) is 35.2 Å². The summed E-state index contributed by atoms with van der Waals surface area (Å²) in [5, 5.41) is 0.616. The molecule has 1 heterocycles. The van der Waals surface area contributed by atoms with Gasteiger partial charge in [0.15, 0.2) is 0 Å². The molecule has 2 aromatic carbocycles. The average molecular weight is 390 g/mol. The molecule has 6 heteroatoms. The second-order valence-corrected chi connectivity index (χ2v) is 6.85. The minimum Gasteiger partial charge on any atom is -0.497 e. The van der Waals surface area contributed by atoms with Crippen molar-refractivity contribution in [1.29, 1.82) is 0 Å². The molecule has 0 radical (unpaired) electrons. The van der Waals surface area contributed by atoms with Gasteiger partial charge in [-0.25, -0.2) is 0 Å². The van der Waals surface area contributed by atoms with E-state index >= 15 is 0 Å². The van der Waals surface area contributed by atoms with Gasteiger partial charge in [0.05, 0.1) is 33.3 Å². The first-order chi connectivity index (χ1) is 13.1. The van der Waals surface area contributed by atoms with Crippen molar-refractivity contribution in [2.75, 3.05) is 27.4 Å². The van der Waals surface area contributed by atoms with E-state index in [0.717, 1.165) is 36.4 Å². The van der Waals surface area contributed by atoms with E-state index in [9.17, 15) is 4.79 Å². The number of benzene rings is 2. The van der Waals surface area contributed by atoms with Crippen molar-refractivity contribution >= 4 is 17.5 Å². The summed E-state index contributed by atoms with van der Waals surface area (Å²) in [5.74, 6) is 2.23. The molecule has 0 bridgehead atoms. The Hall–Kier alpha value is -2.40. The maximum Gasteiger partial charge on any atom is 0.226 e. The first-order valence-electron chi connectivity index (χ1n) is 9.02. The Labute approximate surface area is 164 Å². The van der Waals surface area contributed by atoms with Crippen LogP contribution in [0, 0.1) is 0 Å². The van der Waals surface area contributed by atoms with Crippen molar-refractivity contribution in [3.8, 4) is 17.2 Å². The predicted molar refractivity (Wildman–Crippen MR) is 105 cm³/mol. The second kappa shape index (κ2) is 9.00. The number of hydrogen-bond acceptors (Lipinski definition) is 4. The lowest BCUT2D eigenvalue weighted by Crippen LogP contribution is -2.31. The molecule has 0 spiro atoms. The Morgan fingerprint density at radius 1 is 1.15 bits per heavy atom. The van der Waals surface area contributed by atoms with Crippen LogP contribution >= 0.6 is 11.6 Å². The van der Waals surface area contributed by atoms with Gasteiger partial charge in [-0.15, -0.1) is 0 Å². The number of nitrogens with zero attached hydrogens (tertiary/aromatic N) is 1. The highest BCUT2D eigenvalue weighted by atomic mass is 35.5. The van der Waals surface area contributed by atoms with Gasteiger partial charge in [0.25, 0.3) is 0 Å². The summed E-state index contributed by atoms with van der Waals surface area (Å²) in [6.45, 7) is 1.07. The molecule has 0 N–H and O–H groups in total. The molecular weight excluding hydrogens is 366 g/mol. The van der Waals surface area contributed by atoms with Crippen LogP contribution in [0.25, 0.3) is 0 Å². The largest absolute Gasteiger partial charge is 0.497 e. The fraction of sp³-hybridized carbons (Fsp3) is 0.381. The van der Waals surface area contributed by atoms with E-state index in [4.69, 9.17) is 25.8 Å². The topological polar surface area (TPSA) is 48.0 Å². The molecule has 5 nitrogen and oxygen atoms in total. The van der Waals surface area contributed by atoms with Gasteiger partial charge in [-0.2, -0.15) is 0 Å². The molecule has 144 valence electrons. The predicted octanol–water partition coefficient (Wildman–Crippen LogP) is 4.49. The quantitative estimate of drug-likeness (QED) is 0.700. The number of methoxy groups -OCH3 is 2. The molecular formula is C21H24ClNO4. The molecule has 1 atom stereocenters. The Kier molecular flexibility index (Phi) is 6.45. The van der Waals surface area contributed by atoms with E-state index < -0.39 is 0 Å². The number of amides is 1. The summed E-state index contributed by atoms with van der Waals surface area (Å²) >= 11 is 5.95. The molecule has 1 amide bonds. The highest BCUT2D eigenvalue weighted by Gasteiger charge is 2.31. The molecule has 1 aliphatic heterocycles. The normalized spacial score (nSPS) is 16.3. The molecule has 1 saturated heterocycles. The van der Waals surface area contributed by atoms with Crippen molar-refractivity contribution < 1.29 is 19.0 Å². The Morgan fingerprint density at radius 3 is 2.74 bits per heavy atom. The first-order valence-corrected chi connectivity index (χ1v) is 9.40. The highest BCUT2D eigenvalue weighted by Crippen LogP contribution is 2.38. The Morgan fingerprint density at radius 2 is 2.00 bits per heavy atom. The zero-order chi connectivity index (χ0) is 19.2. The van der Waals surface area contributed by atoms with Gasteiger partial charge in [0.1, 0.15) is 17.2 Å². The number of halogens is 1. The zero-order valence-corrected chi connectivity index (χ0v) is 16.4. The van der Waals surface area contributed by atoms with Crippen LogP contribution in [0.2, 0.25) is 5.02 Å². The SMILES string of the molecule is COc1ccc(C2CCCN2C(=O)CCOc2cccc(Cl)c2)c(OC)c1. The van der Waals surface area contributed by atoms with Crippen LogP contribution in [0.5, 0.6) is 17.2 Å². The Bertz CT molecular complexity index is 796. The van der Waals surface area contributed by atoms with E-state index in [2.05, 4.69) is 0 Å². The Balaban J connectivity index is 1.64. The van der Waals surface area contributed by atoms with Gasteiger partial charge in [-0.05, 0) is 43.2 Å². The molecule has 1 aliphatic rings. The standard InChI is InChI=1S/C21H24ClNO4/c1-25-16-8-9-18(20(14-16)26-2)19-7-4-11-23(19)21(24)10-12-27-17-6-3-5-15(22)13-17/h3,5-6,8-9,13-14,19H,4,7,10-12H2,1-2H3. The summed E-state index contributed by atoms with van der Waals surface area (Å²) in [6.07, 6.45) is 2.21. The van der Waals surface area contributed by atoms with Gasteiger partial charge in [0.2, 0.25) is 5.91 Å². The van der Waals surface area contributed by atoms with Gasteiger partial charge < -0.3 is 19.1 Å². The third kappa shape index (κ3) is 4.66. The number of rotatable bonds is 7. The van der Waals surface area contributed by atoms with Crippen LogP contribution in [-0.2, 0) is 4.79 Å². The fourth-order valence-corrected chi connectivity index (χ4v) is 3.62. The van der Waals surface area contributed by atoms with Crippen molar-refractivity contribution in [2.45, 2.75) is 25.3 Å². The van der Waals surface area contributed by atoms with Crippen LogP contribution in [0.3, 0.4) is 0 Å². The third-order valence-corrected chi connectivity index (χ3v) is 4.99. The molecule has 1 fully saturated rings. The maximum absolute atomic E-state index is 12.8. The number of carbonyl (C=O) groups excluding carboxylic acids is 1. The lowest BCUT2D eigenvalue weighted by molar-refractivity contribution is -0.132. The van der Waals surface area contributed by atoms with Crippen LogP contribution in [0.15, 0.2) is 42.5 Å². The fourth-order valence-electron chi connectivity index (χ4n) is 3.44. The van der Waals surface area contributed by atoms with Crippen molar-refractivity contribution in [1.82, 2.24) is 4.90 Å². The van der Waals surface area contributed by atoms with Crippen molar-refractivity contribution in [2.24, 2.45) is 0 Å². The van der Waals surface area contributed by atoms with Gasteiger partial charge in [-0.1, -0.05) is 17.7 Å². The summed E-state index contributed by atoms with van der Waals surface area (Å²) in [7, 11) is 3.26. The van der Waals surface area contributed by atoms with Crippen LogP contribution in [0.1, 0.15) is 30.9 Å². The van der Waals surface area contributed by atoms with Crippen molar-refractivity contribution in [3.05, 3.63) is 53.1 Å². The zero-order valence-electron chi connectivity index (χ0n) is 15.6. The minimum atomic E-state index is 0.0181.